The van der Waals surface area contributed by atoms with Gasteiger partial charge >= 0.3 is 0 Å². The van der Waals surface area contributed by atoms with E-state index in [2.05, 4.69) is 59.5 Å². The monoisotopic (exact) mass is 408 g/mol. The molecule has 2 aliphatic rings. The van der Waals surface area contributed by atoms with Gasteiger partial charge in [0.15, 0.2) is 0 Å². The fourth-order valence-electron chi connectivity index (χ4n) is 5.50. The normalized spacial score (nSPS) is 19.7. The van der Waals surface area contributed by atoms with E-state index >= 15 is 0 Å². The number of rotatable bonds is 8. The first-order valence-electron chi connectivity index (χ1n) is 12.4. The highest BCUT2D eigenvalue weighted by Gasteiger charge is 2.29. The minimum atomic E-state index is 0.372. The largest absolute Gasteiger partial charge is 0.372 e. The van der Waals surface area contributed by atoms with E-state index in [1.54, 1.807) is 0 Å². The maximum Gasteiger partial charge on any atom is 0.124 e. The molecule has 1 aromatic heterocycles. The molecule has 4 nitrogen and oxygen atoms in total. The Morgan fingerprint density at radius 2 is 1.57 bits per heavy atom. The van der Waals surface area contributed by atoms with Crippen molar-refractivity contribution < 1.29 is 0 Å². The maximum atomic E-state index is 5.10. The van der Waals surface area contributed by atoms with E-state index < -0.39 is 0 Å². The summed E-state index contributed by atoms with van der Waals surface area (Å²) in [6.07, 6.45) is 15.7. The number of hydrogen-bond acceptors (Lipinski definition) is 3. The van der Waals surface area contributed by atoms with Crippen LogP contribution in [0.1, 0.15) is 89.9 Å². The molecular weight excluding hydrogens is 368 g/mol. The van der Waals surface area contributed by atoms with E-state index in [1.807, 2.05) is 0 Å². The van der Waals surface area contributed by atoms with Crippen molar-refractivity contribution in [3.63, 3.8) is 0 Å². The Hall–Kier alpha value is -1.81. The van der Waals surface area contributed by atoms with Gasteiger partial charge in [0.25, 0.3) is 0 Å². The molecular formula is C26H40N4. The number of H-pyrrole nitrogens is 1. The van der Waals surface area contributed by atoms with Gasteiger partial charge in [0.1, 0.15) is 5.82 Å². The van der Waals surface area contributed by atoms with Gasteiger partial charge in [0.05, 0.1) is 11.7 Å². The molecule has 2 aliphatic carbocycles. The first-order chi connectivity index (χ1) is 14.8. The number of aromatic amines is 1. The van der Waals surface area contributed by atoms with Gasteiger partial charge in [0.2, 0.25) is 0 Å². The second-order valence-corrected chi connectivity index (χ2v) is 9.27. The van der Waals surface area contributed by atoms with Crippen molar-refractivity contribution in [2.75, 3.05) is 18.0 Å². The molecule has 2 fully saturated rings. The molecule has 2 N–H and O–H groups in total. The highest BCUT2D eigenvalue weighted by molar-refractivity contribution is 5.62. The molecule has 0 saturated heterocycles. The van der Waals surface area contributed by atoms with E-state index in [4.69, 9.17) is 4.98 Å². The summed E-state index contributed by atoms with van der Waals surface area (Å²) in [5.41, 5.74) is 3.56. The van der Waals surface area contributed by atoms with E-state index in [0.29, 0.717) is 18.0 Å². The number of hydrogen-bond donors (Lipinski definition) is 2. The van der Waals surface area contributed by atoms with Gasteiger partial charge in [-0.15, -0.1) is 0 Å². The van der Waals surface area contributed by atoms with E-state index in [9.17, 15) is 0 Å². The molecule has 0 aliphatic heterocycles. The average molecular weight is 409 g/mol. The molecule has 2 aromatic rings. The molecule has 1 heterocycles. The molecule has 1 aromatic carbocycles. The lowest BCUT2D eigenvalue weighted by Crippen LogP contribution is -2.39. The van der Waals surface area contributed by atoms with Crippen molar-refractivity contribution in [3.05, 3.63) is 36.3 Å². The summed E-state index contributed by atoms with van der Waals surface area (Å²) in [6, 6.07) is 9.94. The Balaban J connectivity index is 1.52. The molecule has 2 saturated carbocycles. The number of benzene rings is 1. The van der Waals surface area contributed by atoms with Crippen molar-refractivity contribution >= 4 is 5.69 Å². The molecule has 0 radical (unpaired) electrons. The predicted molar refractivity (Wildman–Crippen MR) is 127 cm³/mol. The zero-order valence-electron chi connectivity index (χ0n) is 19.0. The van der Waals surface area contributed by atoms with Crippen molar-refractivity contribution in [1.82, 2.24) is 15.3 Å². The summed E-state index contributed by atoms with van der Waals surface area (Å²) in [5.74, 6) is 1.86. The minimum absolute atomic E-state index is 0.372. The third-order valence-corrected chi connectivity index (χ3v) is 7.33. The Kier molecular flexibility index (Phi) is 7.48. The fraction of sp³-hybridized carbons (Fsp3) is 0.654. The standard InChI is InChI=1S/C26H40N4/c1-3-30(4-2)23-17-15-20(16-18-23)24-19-27-26(29-24)25(21-11-7-5-8-12-21)28-22-13-9-6-10-14-22/h15-19,21-22,25,28H,3-14H2,1-2H3,(H,27,29)/t25-/m0/s1. The lowest BCUT2D eigenvalue weighted by molar-refractivity contribution is 0.227. The third-order valence-electron chi connectivity index (χ3n) is 7.33. The Morgan fingerprint density at radius 1 is 0.933 bits per heavy atom. The van der Waals surface area contributed by atoms with Crippen molar-refractivity contribution in [2.24, 2.45) is 5.92 Å². The molecule has 0 bridgehead atoms. The summed E-state index contributed by atoms with van der Waals surface area (Å²) in [5, 5.41) is 4.05. The average Bonchev–Trinajstić information content (AvgIpc) is 3.30. The van der Waals surface area contributed by atoms with Crippen LogP contribution in [0.3, 0.4) is 0 Å². The van der Waals surface area contributed by atoms with Crippen LogP contribution in [0.25, 0.3) is 11.3 Å². The number of imidazole rings is 1. The van der Waals surface area contributed by atoms with Gasteiger partial charge in [0, 0.05) is 36.6 Å². The van der Waals surface area contributed by atoms with Gasteiger partial charge in [-0.1, -0.05) is 50.7 Å². The second-order valence-electron chi connectivity index (χ2n) is 9.27. The predicted octanol–water partition coefficient (Wildman–Crippen LogP) is 6.47. The first-order valence-corrected chi connectivity index (χ1v) is 12.4. The Labute approximate surface area is 182 Å². The van der Waals surface area contributed by atoms with Crippen LogP contribution in [0, 0.1) is 5.92 Å². The molecule has 0 spiro atoms. The van der Waals surface area contributed by atoms with Crippen LogP contribution in [-0.2, 0) is 0 Å². The topological polar surface area (TPSA) is 44.0 Å². The van der Waals surface area contributed by atoms with Crippen LogP contribution in [0.5, 0.6) is 0 Å². The van der Waals surface area contributed by atoms with Crippen LogP contribution in [0.15, 0.2) is 30.5 Å². The van der Waals surface area contributed by atoms with E-state index in [1.165, 1.54) is 75.5 Å². The van der Waals surface area contributed by atoms with Crippen LogP contribution in [0.4, 0.5) is 5.69 Å². The smallest absolute Gasteiger partial charge is 0.124 e. The Bertz CT molecular complexity index is 750. The summed E-state index contributed by atoms with van der Waals surface area (Å²) >= 11 is 0. The lowest BCUT2D eigenvalue weighted by atomic mass is 9.82. The highest BCUT2D eigenvalue weighted by atomic mass is 15.1. The van der Waals surface area contributed by atoms with Crippen LogP contribution in [0.2, 0.25) is 0 Å². The SMILES string of the molecule is CCN(CC)c1ccc(-c2c[nH]c([C@@H](NC3CCCCC3)C3CCCCC3)n2)cc1. The van der Waals surface area contributed by atoms with Crippen molar-refractivity contribution in [2.45, 2.75) is 90.1 Å². The number of nitrogens with zero attached hydrogens (tertiary/aromatic N) is 2. The summed E-state index contributed by atoms with van der Waals surface area (Å²) in [7, 11) is 0. The number of nitrogens with one attached hydrogen (secondary N) is 2. The molecule has 0 amide bonds. The van der Waals surface area contributed by atoms with Gasteiger partial charge in [-0.25, -0.2) is 4.98 Å². The molecule has 0 unspecified atom stereocenters. The van der Waals surface area contributed by atoms with Gasteiger partial charge in [-0.2, -0.15) is 0 Å². The zero-order chi connectivity index (χ0) is 20.8. The minimum Gasteiger partial charge on any atom is -0.372 e. The second kappa shape index (κ2) is 10.5. The fourth-order valence-corrected chi connectivity index (χ4v) is 5.50. The third kappa shape index (κ3) is 5.08. The first kappa shape index (κ1) is 21.4. The van der Waals surface area contributed by atoms with Crippen LogP contribution in [-0.4, -0.2) is 29.1 Å². The Morgan fingerprint density at radius 3 is 2.20 bits per heavy atom. The summed E-state index contributed by atoms with van der Waals surface area (Å²) in [4.78, 5) is 11.1. The van der Waals surface area contributed by atoms with Crippen molar-refractivity contribution in [3.8, 4) is 11.3 Å². The van der Waals surface area contributed by atoms with Gasteiger partial charge in [-0.05, 0) is 57.6 Å². The van der Waals surface area contributed by atoms with Gasteiger partial charge in [-0.3, -0.25) is 0 Å². The van der Waals surface area contributed by atoms with Crippen LogP contribution < -0.4 is 10.2 Å². The molecule has 4 heteroatoms. The van der Waals surface area contributed by atoms with Gasteiger partial charge < -0.3 is 15.2 Å². The summed E-state index contributed by atoms with van der Waals surface area (Å²) in [6.45, 7) is 6.50. The number of aromatic nitrogens is 2. The molecule has 1 atom stereocenters. The zero-order valence-corrected chi connectivity index (χ0v) is 19.0. The maximum absolute atomic E-state index is 5.10. The quantitative estimate of drug-likeness (QED) is 0.526. The van der Waals surface area contributed by atoms with Crippen molar-refractivity contribution in [1.29, 1.82) is 0 Å². The summed E-state index contributed by atoms with van der Waals surface area (Å²) < 4.78 is 0. The number of anilines is 1. The molecule has 4 rings (SSSR count). The van der Waals surface area contributed by atoms with E-state index in [0.717, 1.165) is 24.6 Å². The molecule has 30 heavy (non-hydrogen) atoms. The molecule has 164 valence electrons. The van der Waals surface area contributed by atoms with Crippen LogP contribution >= 0.6 is 0 Å². The lowest BCUT2D eigenvalue weighted by Gasteiger charge is -2.34. The highest BCUT2D eigenvalue weighted by Crippen LogP contribution is 2.35. The van der Waals surface area contributed by atoms with E-state index in [-0.39, 0.29) is 0 Å².